The summed E-state index contributed by atoms with van der Waals surface area (Å²) in [4.78, 5) is 14.0. The first kappa shape index (κ1) is 17.6. The second-order valence-corrected chi connectivity index (χ2v) is 6.86. The Morgan fingerprint density at radius 3 is 2.84 bits per heavy atom. The molecular weight excluding hydrogens is 321 g/mol. The maximum atomic E-state index is 13.3. The number of halogens is 1. The van der Waals surface area contributed by atoms with Crippen molar-refractivity contribution in [2.45, 2.75) is 44.1 Å². The fraction of sp³-hybridized carbons (Fsp3) is 0.474. The molecule has 1 saturated carbocycles. The molecule has 2 N–H and O–H groups in total. The summed E-state index contributed by atoms with van der Waals surface area (Å²) in [6.07, 6.45) is 4.45. The minimum absolute atomic E-state index is 0.171. The third kappa shape index (κ3) is 4.07. The van der Waals surface area contributed by atoms with Gasteiger partial charge in [-0.3, -0.25) is 9.89 Å². The number of benzene rings is 1. The molecule has 2 aromatic rings. The van der Waals surface area contributed by atoms with Crippen LogP contribution in [0, 0.1) is 5.82 Å². The summed E-state index contributed by atoms with van der Waals surface area (Å²) in [5.74, 6) is -0.456. The van der Waals surface area contributed by atoms with Crippen molar-refractivity contribution in [3.05, 3.63) is 41.8 Å². The molecular formula is C19H24FN3O2. The van der Waals surface area contributed by atoms with Crippen LogP contribution >= 0.6 is 0 Å². The first-order valence-electron chi connectivity index (χ1n) is 8.76. The van der Waals surface area contributed by atoms with E-state index in [2.05, 4.69) is 10.2 Å². The molecule has 0 aliphatic heterocycles. The summed E-state index contributed by atoms with van der Waals surface area (Å²) < 4.78 is 13.3. The maximum Gasteiger partial charge on any atom is 0.254 e. The highest BCUT2D eigenvalue weighted by Gasteiger charge is 2.40. The van der Waals surface area contributed by atoms with Crippen molar-refractivity contribution in [1.82, 2.24) is 15.1 Å². The van der Waals surface area contributed by atoms with Gasteiger partial charge in [0.1, 0.15) is 11.4 Å². The number of H-pyrrole nitrogens is 1. The van der Waals surface area contributed by atoms with Gasteiger partial charge in [-0.2, -0.15) is 5.10 Å². The van der Waals surface area contributed by atoms with Gasteiger partial charge in [-0.05, 0) is 56.7 Å². The zero-order valence-electron chi connectivity index (χ0n) is 14.5. The molecule has 1 fully saturated rings. The van der Waals surface area contributed by atoms with Gasteiger partial charge < -0.3 is 10.0 Å². The molecule has 0 spiro atoms. The number of nitrogens with one attached hydrogen (secondary N) is 1. The standard InChI is InChI=1S/C19H24FN3O2/c1-23(18(24)19(25)9-2-3-10-19)11-5-8-16-13-17(22-21-16)14-6-4-7-15(20)12-14/h4,6-7,12-13,25H,2-3,5,8-11H2,1H3,(H,21,22). The van der Waals surface area contributed by atoms with Crippen molar-refractivity contribution in [2.75, 3.05) is 13.6 Å². The third-order valence-electron chi connectivity index (χ3n) is 4.87. The molecule has 5 nitrogen and oxygen atoms in total. The van der Waals surface area contributed by atoms with E-state index in [9.17, 15) is 14.3 Å². The number of rotatable bonds is 6. The molecule has 0 saturated heterocycles. The molecule has 1 aromatic carbocycles. The monoisotopic (exact) mass is 345 g/mol. The van der Waals surface area contributed by atoms with Gasteiger partial charge in [-0.25, -0.2) is 4.39 Å². The van der Waals surface area contributed by atoms with Crippen LogP contribution in [0.15, 0.2) is 30.3 Å². The number of likely N-dealkylation sites (N-methyl/N-ethyl adjacent to an activating group) is 1. The second kappa shape index (κ2) is 7.35. The predicted molar refractivity (Wildman–Crippen MR) is 93.4 cm³/mol. The largest absolute Gasteiger partial charge is 0.380 e. The predicted octanol–water partition coefficient (Wildman–Crippen LogP) is 2.91. The lowest BCUT2D eigenvalue weighted by molar-refractivity contribution is -0.149. The van der Waals surface area contributed by atoms with Crippen LogP contribution in [0.5, 0.6) is 0 Å². The molecule has 25 heavy (non-hydrogen) atoms. The number of hydrogen-bond acceptors (Lipinski definition) is 3. The Balaban J connectivity index is 1.52. The Kier molecular flexibility index (Phi) is 5.18. The lowest BCUT2D eigenvalue weighted by atomic mass is 10.0. The number of hydrogen-bond donors (Lipinski definition) is 2. The first-order valence-corrected chi connectivity index (χ1v) is 8.76. The van der Waals surface area contributed by atoms with E-state index in [0.717, 1.165) is 36.9 Å². The molecule has 1 aromatic heterocycles. The van der Waals surface area contributed by atoms with Crippen LogP contribution in [0.1, 0.15) is 37.8 Å². The highest BCUT2D eigenvalue weighted by Crippen LogP contribution is 2.31. The molecule has 134 valence electrons. The molecule has 1 amide bonds. The molecule has 1 aliphatic rings. The average Bonchev–Trinajstić information content (AvgIpc) is 3.24. The molecule has 6 heteroatoms. The van der Waals surface area contributed by atoms with Crippen molar-refractivity contribution >= 4 is 5.91 Å². The second-order valence-electron chi connectivity index (χ2n) is 6.86. The van der Waals surface area contributed by atoms with Gasteiger partial charge in [0.05, 0.1) is 5.69 Å². The highest BCUT2D eigenvalue weighted by molar-refractivity contribution is 5.85. The number of carbonyl (C=O) groups is 1. The summed E-state index contributed by atoms with van der Waals surface area (Å²) in [5, 5.41) is 17.5. The maximum absolute atomic E-state index is 13.3. The van der Waals surface area contributed by atoms with Gasteiger partial charge in [0.15, 0.2) is 0 Å². The van der Waals surface area contributed by atoms with Crippen LogP contribution < -0.4 is 0 Å². The highest BCUT2D eigenvalue weighted by atomic mass is 19.1. The fourth-order valence-electron chi connectivity index (χ4n) is 3.42. The lowest BCUT2D eigenvalue weighted by Gasteiger charge is -2.27. The van der Waals surface area contributed by atoms with Crippen molar-refractivity contribution in [1.29, 1.82) is 0 Å². The zero-order valence-corrected chi connectivity index (χ0v) is 14.5. The Morgan fingerprint density at radius 1 is 1.36 bits per heavy atom. The SMILES string of the molecule is CN(CCCc1cc(-c2cccc(F)c2)n[nH]1)C(=O)C1(O)CCCC1. The Labute approximate surface area is 146 Å². The van der Waals surface area contributed by atoms with Crippen LogP contribution in [0.2, 0.25) is 0 Å². The minimum Gasteiger partial charge on any atom is -0.380 e. The molecule has 1 heterocycles. The summed E-state index contributed by atoms with van der Waals surface area (Å²) in [5.41, 5.74) is 1.23. The van der Waals surface area contributed by atoms with Crippen molar-refractivity contribution in [3.8, 4) is 11.3 Å². The topological polar surface area (TPSA) is 69.2 Å². The van der Waals surface area contributed by atoms with Gasteiger partial charge in [-0.1, -0.05) is 12.1 Å². The van der Waals surface area contributed by atoms with Crippen LogP contribution in [0.4, 0.5) is 4.39 Å². The van der Waals surface area contributed by atoms with E-state index < -0.39 is 5.60 Å². The van der Waals surface area contributed by atoms with Gasteiger partial charge in [0.2, 0.25) is 0 Å². The first-order chi connectivity index (χ1) is 12.0. The number of aliphatic hydroxyl groups is 1. The van der Waals surface area contributed by atoms with Gasteiger partial charge in [-0.15, -0.1) is 0 Å². The molecule has 3 rings (SSSR count). The van der Waals surface area contributed by atoms with E-state index >= 15 is 0 Å². The van der Waals surface area contributed by atoms with Crippen LogP contribution in [0.3, 0.4) is 0 Å². The lowest BCUT2D eigenvalue weighted by Crippen LogP contribution is -2.46. The number of nitrogens with zero attached hydrogens (tertiary/aromatic N) is 2. The normalized spacial score (nSPS) is 16.1. The summed E-state index contributed by atoms with van der Waals surface area (Å²) in [6.45, 7) is 0.579. The zero-order chi connectivity index (χ0) is 17.9. The number of aryl methyl sites for hydroxylation is 1. The number of amides is 1. The molecule has 0 bridgehead atoms. The molecule has 0 atom stereocenters. The van der Waals surface area contributed by atoms with Crippen molar-refractivity contribution in [2.24, 2.45) is 0 Å². The smallest absolute Gasteiger partial charge is 0.254 e. The Bertz CT molecular complexity index is 738. The number of carbonyl (C=O) groups excluding carboxylic acids is 1. The fourth-order valence-corrected chi connectivity index (χ4v) is 3.42. The van der Waals surface area contributed by atoms with Gasteiger partial charge >= 0.3 is 0 Å². The summed E-state index contributed by atoms with van der Waals surface area (Å²) in [7, 11) is 1.74. The van der Waals surface area contributed by atoms with E-state index in [4.69, 9.17) is 0 Å². The third-order valence-corrected chi connectivity index (χ3v) is 4.87. The van der Waals surface area contributed by atoms with Crippen LogP contribution in [-0.4, -0.2) is 45.3 Å². The molecule has 0 unspecified atom stereocenters. The quantitative estimate of drug-likeness (QED) is 0.846. The summed E-state index contributed by atoms with van der Waals surface area (Å²) >= 11 is 0. The number of aromatic nitrogens is 2. The van der Waals surface area contributed by atoms with Gasteiger partial charge in [0.25, 0.3) is 5.91 Å². The van der Waals surface area contributed by atoms with Crippen LogP contribution in [-0.2, 0) is 11.2 Å². The van der Waals surface area contributed by atoms with E-state index in [1.54, 1.807) is 18.0 Å². The van der Waals surface area contributed by atoms with E-state index in [0.29, 0.717) is 25.1 Å². The van der Waals surface area contributed by atoms with Crippen molar-refractivity contribution in [3.63, 3.8) is 0 Å². The molecule has 0 radical (unpaired) electrons. The van der Waals surface area contributed by atoms with Gasteiger partial charge in [0, 0.05) is 24.8 Å². The average molecular weight is 345 g/mol. The summed E-state index contributed by atoms with van der Waals surface area (Å²) in [6, 6.07) is 8.24. The molecule has 1 aliphatic carbocycles. The van der Waals surface area contributed by atoms with E-state index in [1.165, 1.54) is 12.1 Å². The number of aromatic amines is 1. The van der Waals surface area contributed by atoms with E-state index in [1.807, 2.05) is 12.1 Å². The van der Waals surface area contributed by atoms with E-state index in [-0.39, 0.29) is 11.7 Å². The Hall–Kier alpha value is -2.21. The minimum atomic E-state index is -1.16. The van der Waals surface area contributed by atoms with Crippen LogP contribution in [0.25, 0.3) is 11.3 Å². The van der Waals surface area contributed by atoms with Crippen molar-refractivity contribution < 1.29 is 14.3 Å². The Morgan fingerprint density at radius 2 is 2.12 bits per heavy atom.